The number of nitrogens with one attached hydrogen (secondary N) is 2. The highest BCUT2D eigenvalue weighted by Gasteiger charge is 2.04. The highest BCUT2D eigenvalue weighted by Crippen LogP contribution is 2.08. The molecule has 0 aliphatic carbocycles. The number of amides is 1. The summed E-state index contributed by atoms with van der Waals surface area (Å²) in [7, 11) is 0. The lowest BCUT2D eigenvalue weighted by Crippen LogP contribution is -2.23. The largest absolute Gasteiger partial charge is 0.370 e. The smallest absolute Gasteiger partial charge is 0.253 e. The molecule has 0 spiro atoms. The fourth-order valence-electron chi connectivity index (χ4n) is 2.14. The molecule has 1 heterocycles. The number of nitrogens with zero attached hydrogens (tertiary/aromatic N) is 1. The first-order chi connectivity index (χ1) is 11.2. The summed E-state index contributed by atoms with van der Waals surface area (Å²) in [5.41, 5.74) is 3.14. The van der Waals surface area contributed by atoms with Crippen molar-refractivity contribution in [3.8, 4) is 12.3 Å². The van der Waals surface area contributed by atoms with E-state index in [0.717, 1.165) is 25.2 Å². The van der Waals surface area contributed by atoms with Crippen molar-refractivity contribution in [3.63, 3.8) is 0 Å². The Kier molecular flexibility index (Phi) is 6.19. The number of carbonyl (C=O) groups excluding carboxylic acids is 1. The quantitative estimate of drug-likeness (QED) is 0.773. The van der Waals surface area contributed by atoms with E-state index < -0.39 is 0 Å². The molecule has 2 N–H and O–H groups in total. The number of aromatic nitrogens is 1. The number of hydrogen-bond acceptors (Lipinski definition) is 3. The number of aryl methyl sites for hydroxylation is 1. The third-order valence-electron chi connectivity index (χ3n) is 3.53. The van der Waals surface area contributed by atoms with Crippen LogP contribution in [0.15, 0.2) is 42.6 Å². The standard InChI is InChI=1S/C19H21N3O/c1-3-12-21-19(23)17-9-10-18(22-14-17)20-13-11-16-7-5-15(4-2)6-8-16/h1,5-10,14H,4,11-13H2,2H3,(H,20,22)(H,21,23). The van der Waals surface area contributed by atoms with Crippen molar-refractivity contribution in [1.29, 1.82) is 0 Å². The van der Waals surface area contributed by atoms with Gasteiger partial charge < -0.3 is 10.6 Å². The van der Waals surface area contributed by atoms with Crippen LogP contribution in [0, 0.1) is 12.3 Å². The van der Waals surface area contributed by atoms with Crippen LogP contribution in [0.5, 0.6) is 0 Å². The fourth-order valence-corrected chi connectivity index (χ4v) is 2.14. The molecule has 0 aliphatic rings. The molecule has 23 heavy (non-hydrogen) atoms. The topological polar surface area (TPSA) is 54.0 Å². The van der Waals surface area contributed by atoms with Gasteiger partial charge in [-0.3, -0.25) is 4.79 Å². The lowest BCUT2D eigenvalue weighted by molar-refractivity contribution is 0.0958. The van der Waals surface area contributed by atoms with Gasteiger partial charge in [0.05, 0.1) is 12.1 Å². The van der Waals surface area contributed by atoms with E-state index in [1.54, 1.807) is 18.3 Å². The number of carbonyl (C=O) groups is 1. The van der Waals surface area contributed by atoms with E-state index in [1.807, 2.05) is 0 Å². The first-order valence-corrected chi connectivity index (χ1v) is 7.72. The summed E-state index contributed by atoms with van der Waals surface area (Å²) in [6.07, 6.45) is 8.64. The zero-order valence-corrected chi connectivity index (χ0v) is 13.3. The molecule has 0 aliphatic heterocycles. The summed E-state index contributed by atoms with van der Waals surface area (Å²) in [4.78, 5) is 15.9. The Balaban J connectivity index is 1.81. The maximum Gasteiger partial charge on any atom is 0.253 e. The van der Waals surface area contributed by atoms with Crippen LogP contribution < -0.4 is 10.6 Å². The van der Waals surface area contributed by atoms with Gasteiger partial charge in [-0.15, -0.1) is 6.42 Å². The van der Waals surface area contributed by atoms with Crippen LogP contribution >= 0.6 is 0 Å². The highest BCUT2D eigenvalue weighted by molar-refractivity contribution is 5.94. The minimum Gasteiger partial charge on any atom is -0.370 e. The van der Waals surface area contributed by atoms with Gasteiger partial charge in [0.1, 0.15) is 5.82 Å². The summed E-state index contributed by atoms with van der Waals surface area (Å²) in [6.45, 7) is 3.16. The summed E-state index contributed by atoms with van der Waals surface area (Å²) < 4.78 is 0. The first-order valence-electron chi connectivity index (χ1n) is 7.72. The van der Waals surface area contributed by atoms with Crippen LogP contribution in [0.2, 0.25) is 0 Å². The summed E-state index contributed by atoms with van der Waals surface area (Å²) in [5, 5.41) is 5.86. The molecule has 1 aromatic heterocycles. The van der Waals surface area contributed by atoms with Crippen molar-refractivity contribution in [3.05, 3.63) is 59.3 Å². The van der Waals surface area contributed by atoms with Crippen molar-refractivity contribution in [2.45, 2.75) is 19.8 Å². The number of pyridine rings is 1. The predicted octanol–water partition coefficient (Wildman–Crippen LogP) is 2.66. The molecule has 0 atom stereocenters. The van der Waals surface area contributed by atoms with E-state index in [-0.39, 0.29) is 12.5 Å². The molecule has 0 bridgehead atoms. The van der Waals surface area contributed by atoms with Gasteiger partial charge in [0.25, 0.3) is 5.91 Å². The molecule has 118 valence electrons. The molecular formula is C19H21N3O. The third kappa shape index (κ3) is 5.15. The Morgan fingerprint density at radius 3 is 2.52 bits per heavy atom. The van der Waals surface area contributed by atoms with Gasteiger partial charge in [0, 0.05) is 12.7 Å². The number of hydrogen-bond donors (Lipinski definition) is 2. The Hall–Kier alpha value is -2.80. The second-order valence-corrected chi connectivity index (χ2v) is 5.17. The molecule has 4 heteroatoms. The van der Waals surface area contributed by atoms with Crippen molar-refractivity contribution >= 4 is 11.7 Å². The van der Waals surface area contributed by atoms with Gasteiger partial charge >= 0.3 is 0 Å². The van der Waals surface area contributed by atoms with E-state index in [1.165, 1.54) is 11.1 Å². The monoisotopic (exact) mass is 307 g/mol. The van der Waals surface area contributed by atoms with Crippen molar-refractivity contribution < 1.29 is 4.79 Å². The van der Waals surface area contributed by atoms with E-state index in [2.05, 4.69) is 52.7 Å². The summed E-state index contributed by atoms with van der Waals surface area (Å²) in [5.74, 6) is 2.91. The number of anilines is 1. The predicted molar refractivity (Wildman–Crippen MR) is 93.4 cm³/mol. The zero-order chi connectivity index (χ0) is 16.5. The molecule has 2 rings (SSSR count). The number of terminal acetylenes is 1. The first kappa shape index (κ1) is 16.6. The van der Waals surface area contributed by atoms with Crippen LogP contribution in [0.4, 0.5) is 5.82 Å². The molecule has 1 amide bonds. The number of benzene rings is 1. The molecular weight excluding hydrogens is 286 g/mol. The average molecular weight is 307 g/mol. The third-order valence-corrected chi connectivity index (χ3v) is 3.53. The maximum atomic E-state index is 11.7. The fraction of sp³-hybridized carbons (Fsp3) is 0.263. The van der Waals surface area contributed by atoms with Gasteiger partial charge in [-0.1, -0.05) is 37.1 Å². The van der Waals surface area contributed by atoms with E-state index >= 15 is 0 Å². The normalized spacial score (nSPS) is 9.91. The average Bonchev–Trinajstić information content (AvgIpc) is 2.61. The number of rotatable bonds is 7. The van der Waals surface area contributed by atoms with Crippen molar-refractivity contribution in [1.82, 2.24) is 10.3 Å². The van der Waals surface area contributed by atoms with Gasteiger partial charge in [0.15, 0.2) is 0 Å². The minimum atomic E-state index is -0.210. The van der Waals surface area contributed by atoms with Gasteiger partial charge in [-0.05, 0) is 36.1 Å². The minimum absolute atomic E-state index is 0.210. The van der Waals surface area contributed by atoms with Gasteiger partial charge in [-0.25, -0.2) is 4.98 Å². The molecule has 1 aromatic carbocycles. The van der Waals surface area contributed by atoms with Gasteiger partial charge in [0.2, 0.25) is 0 Å². The van der Waals surface area contributed by atoms with Crippen LogP contribution in [0.3, 0.4) is 0 Å². The molecule has 0 unspecified atom stereocenters. The lowest BCUT2D eigenvalue weighted by Gasteiger charge is -2.07. The second kappa shape index (κ2) is 8.60. The maximum absolute atomic E-state index is 11.7. The molecule has 2 aromatic rings. The Bertz CT molecular complexity index is 669. The summed E-state index contributed by atoms with van der Waals surface area (Å²) >= 11 is 0. The zero-order valence-electron chi connectivity index (χ0n) is 13.3. The van der Waals surface area contributed by atoms with E-state index in [0.29, 0.717) is 5.56 Å². The molecule has 4 nitrogen and oxygen atoms in total. The highest BCUT2D eigenvalue weighted by atomic mass is 16.1. The van der Waals surface area contributed by atoms with E-state index in [4.69, 9.17) is 6.42 Å². The lowest BCUT2D eigenvalue weighted by atomic mass is 10.1. The SMILES string of the molecule is C#CCNC(=O)c1ccc(NCCc2ccc(CC)cc2)nc1. The Morgan fingerprint density at radius 2 is 1.91 bits per heavy atom. The van der Waals surface area contributed by atoms with Crippen LogP contribution in [-0.2, 0) is 12.8 Å². The molecule has 0 fully saturated rings. The van der Waals surface area contributed by atoms with Crippen molar-refractivity contribution in [2.24, 2.45) is 0 Å². The Morgan fingerprint density at radius 1 is 1.17 bits per heavy atom. The van der Waals surface area contributed by atoms with Crippen molar-refractivity contribution in [2.75, 3.05) is 18.4 Å². The Labute approximate surface area is 137 Å². The van der Waals surface area contributed by atoms with E-state index in [9.17, 15) is 4.79 Å². The second-order valence-electron chi connectivity index (χ2n) is 5.17. The van der Waals surface area contributed by atoms with Crippen LogP contribution in [-0.4, -0.2) is 24.0 Å². The molecule has 0 radical (unpaired) electrons. The summed E-state index contributed by atoms with van der Waals surface area (Å²) in [6, 6.07) is 12.2. The molecule has 0 saturated heterocycles. The van der Waals surface area contributed by atoms with Crippen LogP contribution in [0.1, 0.15) is 28.4 Å². The van der Waals surface area contributed by atoms with Crippen LogP contribution in [0.25, 0.3) is 0 Å². The van der Waals surface area contributed by atoms with Gasteiger partial charge in [-0.2, -0.15) is 0 Å². The molecule has 0 saturated carbocycles.